The van der Waals surface area contributed by atoms with E-state index in [9.17, 15) is 0 Å². The summed E-state index contributed by atoms with van der Waals surface area (Å²) in [6.07, 6.45) is 5.91. The molecule has 1 aliphatic rings. The maximum absolute atomic E-state index is 4.41. The summed E-state index contributed by atoms with van der Waals surface area (Å²) in [6, 6.07) is 2.95. The van der Waals surface area contributed by atoms with Crippen LogP contribution < -0.4 is 10.2 Å². The Bertz CT molecular complexity index is 376. The molecule has 1 unspecified atom stereocenters. The van der Waals surface area contributed by atoms with Crippen LogP contribution in [0.2, 0.25) is 0 Å². The minimum atomic E-state index is 0.715. The molecule has 1 aromatic rings. The quantitative estimate of drug-likeness (QED) is 0.866. The van der Waals surface area contributed by atoms with Crippen molar-refractivity contribution in [2.45, 2.75) is 45.7 Å². The average Bonchev–Trinajstić information content (AvgIpc) is 2.79. The highest BCUT2D eigenvalue weighted by atomic mass is 15.2. The summed E-state index contributed by atoms with van der Waals surface area (Å²) in [5.41, 5.74) is 3.82. The third kappa shape index (κ3) is 2.60. The van der Waals surface area contributed by atoms with Crippen LogP contribution in [0.5, 0.6) is 0 Å². The highest BCUT2D eigenvalue weighted by Gasteiger charge is 2.24. The zero-order valence-electron chi connectivity index (χ0n) is 11.2. The first-order valence-corrected chi connectivity index (χ1v) is 6.63. The molecule has 0 aromatic carbocycles. The Morgan fingerprint density at radius 3 is 3.06 bits per heavy atom. The summed E-state index contributed by atoms with van der Waals surface area (Å²) in [5.74, 6) is 0. The van der Waals surface area contributed by atoms with E-state index in [1.165, 1.54) is 37.1 Å². The van der Waals surface area contributed by atoms with E-state index >= 15 is 0 Å². The van der Waals surface area contributed by atoms with E-state index in [-0.39, 0.29) is 0 Å². The molecule has 1 aromatic heterocycles. The number of rotatable bonds is 4. The van der Waals surface area contributed by atoms with Gasteiger partial charge < -0.3 is 10.2 Å². The van der Waals surface area contributed by atoms with Crippen LogP contribution in [0.4, 0.5) is 5.69 Å². The fraction of sp³-hybridized carbons (Fsp3) is 0.643. The average molecular weight is 233 g/mol. The summed E-state index contributed by atoms with van der Waals surface area (Å²) in [4.78, 5) is 6.98. The lowest BCUT2D eigenvalue weighted by molar-refractivity contribution is 0.641. The van der Waals surface area contributed by atoms with Crippen molar-refractivity contribution in [3.63, 3.8) is 0 Å². The van der Waals surface area contributed by atoms with E-state index in [1.807, 2.05) is 13.2 Å². The SMILES string of the molecule is CCC1CCCN1c1cc(C)ncc1CNC. The molecule has 0 spiro atoms. The van der Waals surface area contributed by atoms with Gasteiger partial charge in [0.25, 0.3) is 0 Å². The lowest BCUT2D eigenvalue weighted by atomic mass is 10.1. The summed E-state index contributed by atoms with van der Waals surface area (Å²) < 4.78 is 0. The number of pyridine rings is 1. The predicted molar refractivity (Wildman–Crippen MR) is 72.4 cm³/mol. The van der Waals surface area contributed by atoms with E-state index in [4.69, 9.17) is 0 Å². The Hall–Kier alpha value is -1.09. The number of nitrogens with zero attached hydrogens (tertiary/aromatic N) is 2. The highest BCUT2D eigenvalue weighted by molar-refractivity contribution is 5.55. The minimum absolute atomic E-state index is 0.715. The van der Waals surface area contributed by atoms with Crippen molar-refractivity contribution in [1.82, 2.24) is 10.3 Å². The molecule has 2 rings (SSSR count). The van der Waals surface area contributed by atoms with E-state index < -0.39 is 0 Å². The van der Waals surface area contributed by atoms with E-state index in [0.29, 0.717) is 6.04 Å². The molecule has 94 valence electrons. The number of anilines is 1. The maximum Gasteiger partial charge on any atom is 0.0448 e. The standard InChI is InChI=1S/C14H23N3/c1-4-13-6-5-7-17(13)14-8-11(2)16-10-12(14)9-15-3/h8,10,13,15H,4-7,9H2,1-3H3. The van der Waals surface area contributed by atoms with Gasteiger partial charge in [-0.15, -0.1) is 0 Å². The lowest BCUT2D eigenvalue weighted by Crippen LogP contribution is -2.30. The van der Waals surface area contributed by atoms with Gasteiger partial charge in [-0.1, -0.05) is 6.92 Å². The molecule has 1 saturated heterocycles. The summed E-state index contributed by atoms with van der Waals surface area (Å²) in [5, 5.41) is 3.23. The topological polar surface area (TPSA) is 28.2 Å². The maximum atomic E-state index is 4.41. The van der Waals surface area contributed by atoms with E-state index in [2.05, 4.69) is 35.1 Å². The third-order valence-electron chi connectivity index (χ3n) is 3.62. The Balaban J connectivity index is 2.31. The first kappa shape index (κ1) is 12.4. The van der Waals surface area contributed by atoms with Crippen molar-refractivity contribution in [2.75, 3.05) is 18.5 Å². The molecule has 1 fully saturated rings. The smallest absolute Gasteiger partial charge is 0.0448 e. The Morgan fingerprint density at radius 2 is 2.35 bits per heavy atom. The van der Waals surface area contributed by atoms with Gasteiger partial charge in [-0.25, -0.2) is 0 Å². The van der Waals surface area contributed by atoms with Gasteiger partial charge in [-0.05, 0) is 39.3 Å². The molecule has 0 bridgehead atoms. The van der Waals surface area contributed by atoms with Crippen LogP contribution in [0.3, 0.4) is 0 Å². The van der Waals surface area contributed by atoms with Gasteiger partial charge in [0.2, 0.25) is 0 Å². The molecule has 0 amide bonds. The van der Waals surface area contributed by atoms with Gasteiger partial charge in [0.15, 0.2) is 0 Å². The van der Waals surface area contributed by atoms with Gasteiger partial charge in [0, 0.05) is 42.3 Å². The summed E-state index contributed by atoms with van der Waals surface area (Å²) >= 11 is 0. The third-order valence-corrected chi connectivity index (χ3v) is 3.62. The minimum Gasteiger partial charge on any atom is -0.368 e. The molecule has 0 radical (unpaired) electrons. The summed E-state index contributed by atoms with van der Waals surface area (Å²) in [6.45, 7) is 6.45. The molecule has 1 N–H and O–H groups in total. The molecular formula is C14H23N3. The van der Waals surface area contributed by atoms with E-state index in [0.717, 1.165) is 12.2 Å². The molecule has 0 saturated carbocycles. The van der Waals surface area contributed by atoms with Crippen LogP contribution >= 0.6 is 0 Å². The molecule has 3 heteroatoms. The fourth-order valence-electron chi connectivity index (χ4n) is 2.75. The highest BCUT2D eigenvalue weighted by Crippen LogP contribution is 2.30. The van der Waals surface area contributed by atoms with Crippen molar-refractivity contribution in [1.29, 1.82) is 0 Å². The van der Waals surface area contributed by atoms with Crippen LogP contribution in [0.15, 0.2) is 12.3 Å². The molecular weight excluding hydrogens is 210 g/mol. The second-order valence-electron chi connectivity index (χ2n) is 4.88. The Morgan fingerprint density at radius 1 is 1.53 bits per heavy atom. The molecule has 3 nitrogen and oxygen atoms in total. The van der Waals surface area contributed by atoms with Crippen molar-refractivity contribution < 1.29 is 0 Å². The number of aryl methyl sites for hydroxylation is 1. The van der Waals surface area contributed by atoms with Gasteiger partial charge in [-0.2, -0.15) is 0 Å². The Labute approximate surface area is 104 Å². The molecule has 2 heterocycles. The van der Waals surface area contributed by atoms with Gasteiger partial charge >= 0.3 is 0 Å². The first-order chi connectivity index (χ1) is 8.26. The van der Waals surface area contributed by atoms with Crippen molar-refractivity contribution in [3.05, 3.63) is 23.5 Å². The second kappa shape index (κ2) is 5.50. The van der Waals surface area contributed by atoms with Crippen LogP contribution in [0.1, 0.15) is 37.4 Å². The van der Waals surface area contributed by atoms with Crippen LogP contribution in [-0.2, 0) is 6.54 Å². The van der Waals surface area contributed by atoms with Gasteiger partial charge in [-0.3, -0.25) is 4.98 Å². The number of hydrogen-bond acceptors (Lipinski definition) is 3. The van der Waals surface area contributed by atoms with Gasteiger partial charge in [0.05, 0.1) is 0 Å². The number of hydrogen-bond donors (Lipinski definition) is 1. The Kier molecular flexibility index (Phi) is 4.00. The molecule has 1 atom stereocenters. The van der Waals surface area contributed by atoms with Crippen molar-refractivity contribution in [3.8, 4) is 0 Å². The largest absolute Gasteiger partial charge is 0.368 e. The van der Waals surface area contributed by atoms with Crippen molar-refractivity contribution >= 4 is 5.69 Å². The van der Waals surface area contributed by atoms with Crippen LogP contribution in [0.25, 0.3) is 0 Å². The van der Waals surface area contributed by atoms with Crippen LogP contribution in [0, 0.1) is 6.92 Å². The molecule has 17 heavy (non-hydrogen) atoms. The van der Waals surface area contributed by atoms with Crippen molar-refractivity contribution in [2.24, 2.45) is 0 Å². The second-order valence-corrected chi connectivity index (χ2v) is 4.88. The zero-order chi connectivity index (χ0) is 12.3. The number of nitrogens with one attached hydrogen (secondary N) is 1. The predicted octanol–water partition coefficient (Wildman–Crippen LogP) is 2.49. The number of aromatic nitrogens is 1. The fourth-order valence-corrected chi connectivity index (χ4v) is 2.75. The van der Waals surface area contributed by atoms with Crippen LogP contribution in [-0.4, -0.2) is 24.6 Å². The lowest BCUT2D eigenvalue weighted by Gasteiger charge is -2.28. The summed E-state index contributed by atoms with van der Waals surface area (Å²) in [7, 11) is 1.99. The monoisotopic (exact) mass is 233 g/mol. The van der Waals surface area contributed by atoms with E-state index in [1.54, 1.807) is 0 Å². The normalized spacial score (nSPS) is 19.9. The molecule has 0 aliphatic carbocycles. The zero-order valence-corrected chi connectivity index (χ0v) is 11.2. The first-order valence-electron chi connectivity index (χ1n) is 6.63. The van der Waals surface area contributed by atoms with Gasteiger partial charge in [0.1, 0.15) is 0 Å². The molecule has 1 aliphatic heterocycles.